The molecule has 198 valence electrons. The summed E-state index contributed by atoms with van der Waals surface area (Å²) in [6.45, 7) is 1.04. The summed E-state index contributed by atoms with van der Waals surface area (Å²) in [6.07, 6.45) is 3.01. The fourth-order valence-electron chi connectivity index (χ4n) is 5.43. The highest BCUT2D eigenvalue weighted by molar-refractivity contribution is 6.34. The quantitative estimate of drug-likeness (QED) is 0.335. The van der Waals surface area contributed by atoms with Crippen molar-refractivity contribution in [3.63, 3.8) is 0 Å². The minimum Gasteiger partial charge on any atom is -0.496 e. The number of esters is 1. The van der Waals surface area contributed by atoms with Gasteiger partial charge in [-0.05, 0) is 30.0 Å². The van der Waals surface area contributed by atoms with Crippen LogP contribution in [0.15, 0.2) is 72.8 Å². The maximum atomic E-state index is 13.2. The highest BCUT2D eigenvalue weighted by atomic mass is 35.5. The van der Waals surface area contributed by atoms with Gasteiger partial charge in [0.2, 0.25) is 0 Å². The molecule has 2 unspecified atom stereocenters. The second-order valence-electron chi connectivity index (χ2n) is 9.76. The van der Waals surface area contributed by atoms with Crippen LogP contribution in [0.2, 0.25) is 5.02 Å². The van der Waals surface area contributed by atoms with Gasteiger partial charge in [0.15, 0.2) is 0 Å². The number of methoxy groups -OCH3 is 1. The molecule has 1 N–H and O–H groups in total. The molecular formula is C30H31ClN2O5. The molecule has 2 atom stereocenters. The van der Waals surface area contributed by atoms with Crippen LogP contribution in [0, 0.1) is 0 Å². The van der Waals surface area contributed by atoms with Gasteiger partial charge in [-0.2, -0.15) is 0 Å². The first kappa shape index (κ1) is 26.1. The number of carbonyl (C=O) groups is 2. The van der Waals surface area contributed by atoms with Crippen LogP contribution in [-0.2, 0) is 22.6 Å². The van der Waals surface area contributed by atoms with E-state index in [0.29, 0.717) is 12.1 Å². The molecule has 2 heterocycles. The standard InChI is InChI=1S/C30H31ClN2O5/c1-36-28-17-27(32-30(35)37-19-21-10-6-3-7-11-21)26(31)16-25(28)29(34)38-24-14-22-12-13-23(15-24)33(22)18-20-8-4-2-5-9-20/h2-11,16-17,22-24H,12-15,18-19H2,1H3,(H,32,35). The molecule has 1 amide bonds. The van der Waals surface area contributed by atoms with E-state index >= 15 is 0 Å². The Balaban J connectivity index is 1.20. The summed E-state index contributed by atoms with van der Waals surface area (Å²) >= 11 is 6.42. The van der Waals surface area contributed by atoms with Crippen LogP contribution < -0.4 is 10.1 Å². The summed E-state index contributed by atoms with van der Waals surface area (Å²) in [4.78, 5) is 28.0. The number of ether oxygens (including phenoxy) is 3. The largest absolute Gasteiger partial charge is 0.496 e. The van der Waals surface area contributed by atoms with Crippen molar-refractivity contribution in [1.29, 1.82) is 0 Å². The summed E-state index contributed by atoms with van der Waals surface area (Å²) in [5, 5.41) is 2.80. The van der Waals surface area contributed by atoms with E-state index in [2.05, 4.69) is 34.5 Å². The molecule has 0 radical (unpaired) electrons. The lowest BCUT2D eigenvalue weighted by Gasteiger charge is -2.38. The highest BCUT2D eigenvalue weighted by Gasteiger charge is 2.42. The van der Waals surface area contributed by atoms with Crippen LogP contribution in [-0.4, -0.2) is 42.3 Å². The van der Waals surface area contributed by atoms with Crippen molar-refractivity contribution >= 4 is 29.4 Å². The molecule has 2 aliphatic heterocycles. The SMILES string of the molecule is COc1cc(NC(=O)OCc2ccccc2)c(Cl)cc1C(=O)OC1CC2CCC(C1)N2Cc1ccccc1. The van der Waals surface area contributed by atoms with Crippen molar-refractivity contribution in [3.8, 4) is 5.75 Å². The second kappa shape index (κ2) is 11.9. The second-order valence-corrected chi connectivity index (χ2v) is 10.2. The lowest BCUT2D eigenvalue weighted by molar-refractivity contribution is -0.00825. The van der Waals surface area contributed by atoms with Gasteiger partial charge in [-0.15, -0.1) is 0 Å². The van der Waals surface area contributed by atoms with Gasteiger partial charge in [-0.3, -0.25) is 10.2 Å². The fraction of sp³-hybridized carbons (Fsp3) is 0.333. The number of piperidine rings is 1. The number of benzene rings is 3. The van der Waals surface area contributed by atoms with Crippen molar-refractivity contribution in [2.75, 3.05) is 12.4 Å². The van der Waals surface area contributed by atoms with E-state index in [0.717, 1.165) is 37.8 Å². The van der Waals surface area contributed by atoms with Crippen molar-refractivity contribution < 1.29 is 23.8 Å². The average molecular weight is 535 g/mol. The zero-order chi connectivity index (χ0) is 26.5. The van der Waals surface area contributed by atoms with Crippen molar-refractivity contribution in [2.24, 2.45) is 0 Å². The molecule has 7 nitrogen and oxygen atoms in total. The first-order valence-corrected chi connectivity index (χ1v) is 13.2. The molecule has 0 aliphatic carbocycles. The van der Waals surface area contributed by atoms with Crippen LogP contribution >= 0.6 is 11.6 Å². The number of nitrogens with zero attached hydrogens (tertiary/aromatic N) is 1. The van der Waals surface area contributed by atoms with Crippen LogP contribution in [0.4, 0.5) is 10.5 Å². The number of fused-ring (bicyclic) bond motifs is 2. The minimum absolute atomic E-state index is 0.123. The molecule has 0 saturated carbocycles. The molecule has 0 spiro atoms. The molecule has 2 fully saturated rings. The number of halogens is 1. The molecule has 0 aromatic heterocycles. The van der Waals surface area contributed by atoms with Crippen LogP contribution in [0.3, 0.4) is 0 Å². The molecular weight excluding hydrogens is 504 g/mol. The Morgan fingerprint density at radius 2 is 1.58 bits per heavy atom. The topological polar surface area (TPSA) is 77.1 Å². The lowest BCUT2D eigenvalue weighted by atomic mass is 9.98. The number of rotatable bonds is 8. The third kappa shape index (κ3) is 6.11. The van der Waals surface area contributed by atoms with Gasteiger partial charge < -0.3 is 14.2 Å². The summed E-state index contributed by atoms with van der Waals surface area (Å²) in [5.74, 6) is -0.217. The van der Waals surface area contributed by atoms with Crippen LogP contribution in [0.25, 0.3) is 0 Å². The predicted molar refractivity (Wildman–Crippen MR) is 145 cm³/mol. The summed E-state index contributed by atoms with van der Waals surface area (Å²) in [5.41, 5.74) is 2.67. The average Bonchev–Trinajstić information content (AvgIpc) is 3.16. The van der Waals surface area contributed by atoms with Crippen molar-refractivity contribution in [1.82, 2.24) is 4.90 Å². The maximum Gasteiger partial charge on any atom is 0.412 e. The molecule has 5 rings (SSSR count). The van der Waals surface area contributed by atoms with Crippen molar-refractivity contribution in [3.05, 3.63) is 94.5 Å². The Morgan fingerprint density at radius 3 is 2.21 bits per heavy atom. The monoisotopic (exact) mass is 534 g/mol. The van der Waals surface area contributed by atoms with E-state index in [4.69, 9.17) is 25.8 Å². The number of hydrogen-bond acceptors (Lipinski definition) is 6. The van der Waals surface area contributed by atoms with Gasteiger partial charge in [0.25, 0.3) is 0 Å². The first-order valence-electron chi connectivity index (χ1n) is 12.9. The van der Waals surface area contributed by atoms with E-state index < -0.39 is 12.1 Å². The smallest absolute Gasteiger partial charge is 0.412 e. The fourth-order valence-corrected chi connectivity index (χ4v) is 5.65. The summed E-state index contributed by atoms with van der Waals surface area (Å²) in [6, 6.07) is 23.6. The van der Waals surface area contributed by atoms with E-state index in [1.54, 1.807) is 0 Å². The summed E-state index contributed by atoms with van der Waals surface area (Å²) in [7, 11) is 1.46. The number of nitrogens with one attached hydrogen (secondary N) is 1. The normalized spacial score (nSPS) is 20.5. The Morgan fingerprint density at radius 1 is 0.947 bits per heavy atom. The Labute approximate surface area is 227 Å². The van der Waals surface area contributed by atoms with Gasteiger partial charge in [0.1, 0.15) is 24.0 Å². The number of hydrogen-bond donors (Lipinski definition) is 1. The Kier molecular flexibility index (Phi) is 8.15. The number of anilines is 1. The van der Waals surface area contributed by atoms with Crippen LogP contribution in [0.1, 0.15) is 47.2 Å². The molecule has 2 bridgehead atoms. The molecule has 38 heavy (non-hydrogen) atoms. The number of amides is 1. The molecule has 8 heteroatoms. The van der Waals surface area contributed by atoms with E-state index in [1.807, 2.05) is 36.4 Å². The van der Waals surface area contributed by atoms with E-state index in [1.165, 1.54) is 24.8 Å². The maximum absolute atomic E-state index is 13.2. The molecule has 3 aromatic carbocycles. The van der Waals surface area contributed by atoms with Crippen molar-refractivity contribution in [2.45, 2.75) is 57.0 Å². The lowest BCUT2D eigenvalue weighted by Crippen LogP contribution is -2.45. The third-order valence-electron chi connectivity index (χ3n) is 7.28. The van der Waals surface area contributed by atoms with Crippen LogP contribution in [0.5, 0.6) is 5.75 Å². The summed E-state index contributed by atoms with van der Waals surface area (Å²) < 4.78 is 16.7. The predicted octanol–water partition coefficient (Wildman–Crippen LogP) is 6.45. The Bertz CT molecular complexity index is 1260. The van der Waals surface area contributed by atoms with Gasteiger partial charge >= 0.3 is 12.1 Å². The molecule has 3 aromatic rings. The number of carbonyl (C=O) groups excluding carboxylic acids is 2. The highest BCUT2D eigenvalue weighted by Crippen LogP contribution is 2.39. The molecule has 2 aliphatic rings. The van der Waals surface area contributed by atoms with Gasteiger partial charge in [-0.25, -0.2) is 9.59 Å². The first-order chi connectivity index (χ1) is 18.5. The van der Waals surface area contributed by atoms with E-state index in [-0.39, 0.29) is 34.7 Å². The van der Waals surface area contributed by atoms with Gasteiger partial charge in [0.05, 0.1) is 17.8 Å². The zero-order valence-corrected chi connectivity index (χ0v) is 22.0. The molecule has 2 saturated heterocycles. The van der Waals surface area contributed by atoms with Gasteiger partial charge in [-0.1, -0.05) is 72.3 Å². The van der Waals surface area contributed by atoms with E-state index in [9.17, 15) is 9.59 Å². The van der Waals surface area contributed by atoms with Gasteiger partial charge in [0, 0.05) is 37.5 Å². The third-order valence-corrected chi connectivity index (χ3v) is 7.59. The zero-order valence-electron chi connectivity index (χ0n) is 21.3. The Hall–Kier alpha value is -3.55. The minimum atomic E-state index is -0.661.